The number of nitrogens with zero attached hydrogens (tertiary/aromatic N) is 1. The van der Waals surface area contributed by atoms with Crippen LogP contribution in [0.2, 0.25) is 0 Å². The minimum atomic E-state index is 0.333. The second kappa shape index (κ2) is 4.98. The summed E-state index contributed by atoms with van der Waals surface area (Å²) in [6.07, 6.45) is 1.12. The van der Waals surface area contributed by atoms with Gasteiger partial charge in [-0.05, 0) is 31.4 Å². The lowest BCUT2D eigenvalue weighted by molar-refractivity contribution is 0.197. The molecular weight excluding hydrogens is 196 g/mol. The second-order valence-electron chi connectivity index (χ2n) is 4.96. The van der Waals surface area contributed by atoms with Gasteiger partial charge in [0.15, 0.2) is 0 Å². The van der Waals surface area contributed by atoms with Crippen LogP contribution in [-0.4, -0.2) is 30.6 Å². The monoisotopic (exact) mass is 218 g/mol. The molecule has 1 heterocycles. The molecule has 2 N–H and O–H groups in total. The molecule has 0 aromatic heterocycles. The van der Waals surface area contributed by atoms with Gasteiger partial charge in [-0.25, -0.2) is 0 Å². The third-order valence-corrected chi connectivity index (χ3v) is 3.55. The van der Waals surface area contributed by atoms with Crippen LogP contribution < -0.4 is 5.73 Å². The van der Waals surface area contributed by atoms with Gasteiger partial charge in [0.05, 0.1) is 0 Å². The summed E-state index contributed by atoms with van der Waals surface area (Å²) in [4.78, 5) is 2.46. The fourth-order valence-corrected chi connectivity index (χ4v) is 2.57. The Kier molecular flexibility index (Phi) is 3.62. The SMILES string of the molecule is CCN1CC(N)CC(c2ccc(C)cc2)C1. The van der Waals surface area contributed by atoms with Crippen molar-refractivity contribution in [3.8, 4) is 0 Å². The van der Waals surface area contributed by atoms with Crippen molar-refractivity contribution in [2.75, 3.05) is 19.6 Å². The summed E-state index contributed by atoms with van der Waals surface area (Å²) in [5.41, 5.74) is 8.89. The highest BCUT2D eigenvalue weighted by Gasteiger charge is 2.24. The zero-order valence-electron chi connectivity index (χ0n) is 10.3. The molecule has 0 aliphatic carbocycles. The van der Waals surface area contributed by atoms with Crippen LogP contribution in [0.4, 0.5) is 0 Å². The van der Waals surface area contributed by atoms with E-state index in [2.05, 4.69) is 43.0 Å². The van der Waals surface area contributed by atoms with E-state index in [0.29, 0.717) is 12.0 Å². The van der Waals surface area contributed by atoms with Gasteiger partial charge in [0.2, 0.25) is 0 Å². The molecule has 0 bridgehead atoms. The Hall–Kier alpha value is -0.860. The van der Waals surface area contributed by atoms with Gasteiger partial charge in [-0.2, -0.15) is 0 Å². The van der Waals surface area contributed by atoms with Crippen molar-refractivity contribution in [3.63, 3.8) is 0 Å². The van der Waals surface area contributed by atoms with Gasteiger partial charge in [-0.1, -0.05) is 36.8 Å². The summed E-state index contributed by atoms with van der Waals surface area (Å²) in [6.45, 7) is 7.67. The standard InChI is InChI=1S/C14H22N2/c1-3-16-9-13(8-14(15)10-16)12-6-4-11(2)5-7-12/h4-7,13-14H,3,8-10,15H2,1-2H3. The summed E-state index contributed by atoms with van der Waals surface area (Å²) in [5, 5.41) is 0. The largest absolute Gasteiger partial charge is 0.327 e. The molecule has 0 amide bonds. The predicted octanol–water partition coefficient (Wildman–Crippen LogP) is 2.13. The van der Waals surface area contributed by atoms with E-state index in [1.165, 1.54) is 11.1 Å². The Morgan fingerprint density at radius 1 is 1.25 bits per heavy atom. The average Bonchev–Trinajstić information content (AvgIpc) is 2.29. The molecule has 1 aromatic carbocycles. The second-order valence-corrected chi connectivity index (χ2v) is 4.96. The third kappa shape index (κ3) is 2.63. The van der Waals surface area contributed by atoms with Crippen molar-refractivity contribution in [2.45, 2.75) is 32.2 Å². The van der Waals surface area contributed by atoms with Gasteiger partial charge in [0.25, 0.3) is 0 Å². The molecule has 2 atom stereocenters. The maximum Gasteiger partial charge on any atom is 0.0174 e. The van der Waals surface area contributed by atoms with E-state index in [1.54, 1.807) is 0 Å². The lowest BCUT2D eigenvalue weighted by Crippen LogP contribution is -2.45. The summed E-state index contributed by atoms with van der Waals surface area (Å²) in [7, 11) is 0. The van der Waals surface area contributed by atoms with E-state index in [-0.39, 0.29) is 0 Å². The van der Waals surface area contributed by atoms with Gasteiger partial charge in [-0.15, -0.1) is 0 Å². The molecule has 0 spiro atoms. The van der Waals surface area contributed by atoms with Crippen LogP contribution in [0.5, 0.6) is 0 Å². The Bertz CT molecular complexity index is 331. The van der Waals surface area contributed by atoms with Crippen LogP contribution in [0.25, 0.3) is 0 Å². The van der Waals surface area contributed by atoms with Crippen molar-refractivity contribution < 1.29 is 0 Å². The van der Waals surface area contributed by atoms with Gasteiger partial charge >= 0.3 is 0 Å². The van der Waals surface area contributed by atoms with Crippen molar-refractivity contribution in [3.05, 3.63) is 35.4 Å². The Morgan fingerprint density at radius 2 is 1.94 bits per heavy atom. The van der Waals surface area contributed by atoms with Gasteiger partial charge in [-0.3, -0.25) is 0 Å². The first-order valence-corrected chi connectivity index (χ1v) is 6.23. The number of piperidine rings is 1. The smallest absolute Gasteiger partial charge is 0.0174 e. The highest BCUT2D eigenvalue weighted by atomic mass is 15.1. The number of aryl methyl sites for hydroxylation is 1. The molecule has 2 nitrogen and oxygen atoms in total. The topological polar surface area (TPSA) is 29.3 Å². The van der Waals surface area contributed by atoms with E-state index in [4.69, 9.17) is 5.73 Å². The zero-order valence-corrected chi connectivity index (χ0v) is 10.3. The number of likely N-dealkylation sites (tertiary alicyclic amines) is 1. The maximum atomic E-state index is 6.12. The zero-order chi connectivity index (χ0) is 11.5. The number of likely N-dealkylation sites (N-methyl/N-ethyl adjacent to an activating group) is 1. The van der Waals surface area contributed by atoms with Crippen molar-refractivity contribution in [2.24, 2.45) is 5.73 Å². The number of nitrogens with two attached hydrogens (primary N) is 1. The van der Waals surface area contributed by atoms with E-state index < -0.39 is 0 Å². The Balaban J connectivity index is 2.11. The van der Waals surface area contributed by atoms with Crippen LogP contribution in [0.1, 0.15) is 30.4 Å². The predicted molar refractivity (Wildman–Crippen MR) is 68.6 cm³/mol. The van der Waals surface area contributed by atoms with Crippen LogP contribution in [-0.2, 0) is 0 Å². The summed E-state index contributed by atoms with van der Waals surface area (Å²) >= 11 is 0. The van der Waals surface area contributed by atoms with Gasteiger partial charge in [0.1, 0.15) is 0 Å². The fourth-order valence-electron chi connectivity index (χ4n) is 2.57. The first kappa shape index (κ1) is 11.6. The minimum Gasteiger partial charge on any atom is -0.327 e. The molecule has 2 rings (SSSR count). The van der Waals surface area contributed by atoms with Crippen LogP contribution >= 0.6 is 0 Å². The number of benzene rings is 1. The van der Waals surface area contributed by atoms with Crippen molar-refractivity contribution >= 4 is 0 Å². The fraction of sp³-hybridized carbons (Fsp3) is 0.571. The molecule has 88 valence electrons. The van der Waals surface area contributed by atoms with Crippen molar-refractivity contribution in [1.82, 2.24) is 4.90 Å². The van der Waals surface area contributed by atoms with E-state index in [9.17, 15) is 0 Å². The maximum absolute atomic E-state index is 6.12. The lowest BCUT2D eigenvalue weighted by atomic mass is 9.88. The molecule has 2 heteroatoms. The first-order valence-electron chi connectivity index (χ1n) is 6.23. The average molecular weight is 218 g/mol. The molecule has 1 aromatic rings. The quantitative estimate of drug-likeness (QED) is 0.824. The molecule has 1 fully saturated rings. The highest BCUT2D eigenvalue weighted by molar-refractivity contribution is 5.25. The normalized spacial score (nSPS) is 26.9. The highest BCUT2D eigenvalue weighted by Crippen LogP contribution is 2.26. The molecule has 0 radical (unpaired) electrons. The Morgan fingerprint density at radius 3 is 2.56 bits per heavy atom. The van der Waals surface area contributed by atoms with Crippen LogP contribution in [0.15, 0.2) is 24.3 Å². The molecule has 1 saturated heterocycles. The Labute approximate surface area is 98.4 Å². The molecule has 1 aliphatic heterocycles. The summed E-state index contributed by atoms with van der Waals surface area (Å²) in [5.74, 6) is 0.615. The van der Waals surface area contributed by atoms with E-state index in [0.717, 1.165) is 26.1 Å². The van der Waals surface area contributed by atoms with Crippen LogP contribution in [0.3, 0.4) is 0 Å². The molecule has 2 unspecified atom stereocenters. The summed E-state index contributed by atoms with van der Waals surface area (Å²) in [6, 6.07) is 9.25. The van der Waals surface area contributed by atoms with Gasteiger partial charge in [0, 0.05) is 19.1 Å². The minimum absolute atomic E-state index is 0.333. The third-order valence-electron chi connectivity index (χ3n) is 3.55. The number of hydrogen-bond donors (Lipinski definition) is 1. The molecule has 0 saturated carbocycles. The molecule has 16 heavy (non-hydrogen) atoms. The van der Waals surface area contributed by atoms with E-state index >= 15 is 0 Å². The lowest BCUT2D eigenvalue weighted by Gasteiger charge is -2.35. The van der Waals surface area contributed by atoms with Gasteiger partial charge < -0.3 is 10.6 Å². The van der Waals surface area contributed by atoms with E-state index in [1.807, 2.05) is 0 Å². The van der Waals surface area contributed by atoms with Crippen LogP contribution in [0, 0.1) is 6.92 Å². The first-order chi connectivity index (χ1) is 7.69. The van der Waals surface area contributed by atoms with Crippen molar-refractivity contribution in [1.29, 1.82) is 0 Å². The number of rotatable bonds is 2. The number of hydrogen-bond acceptors (Lipinski definition) is 2. The molecule has 1 aliphatic rings. The molecular formula is C14H22N2. The summed E-state index contributed by atoms with van der Waals surface area (Å²) < 4.78 is 0.